The van der Waals surface area contributed by atoms with Gasteiger partial charge < -0.3 is 0 Å². The fraction of sp³-hybridized carbons (Fsp3) is 0.600. The molecule has 0 amide bonds. The lowest BCUT2D eigenvalue weighted by Gasteiger charge is -2.02. The summed E-state index contributed by atoms with van der Waals surface area (Å²) in [6, 6.07) is 0. The van der Waals surface area contributed by atoms with Gasteiger partial charge in [-0.1, -0.05) is 26.0 Å². The minimum Gasteiger partial charge on any atom is -0.0798 e. The molecular weight excluding hydrogens is 120 g/mol. The summed E-state index contributed by atoms with van der Waals surface area (Å²) in [5.74, 6) is 0.822. The van der Waals surface area contributed by atoms with Crippen LogP contribution in [0.15, 0.2) is 17.7 Å². The lowest BCUT2D eigenvalue weighted by Crippen LogP contribution is -1.87. The second-order valence-corrected chi connectivity index (χ2v) is 3.24. The van der Waals surface area contributed by atoms with E-state index in [1.807, 2.05) is 0 Å². The summed E-state index contributed by atoms with van der Waals surface area (Å²) in [6.07, 6.45) is 11.2. The molecule has 1 aliphatic rings. The van der Waals surface area contributed by atoms with E-state index in [4.69, 9.17) is 0 Å². The third-order valence-electron chi connectivity index (χ3n) is 1.76. The van der Waals surface area contributed by atoms with E-state index >= 15 is 0 Å². The molecule has 0 nitrogen and oxygen atoms in total. The monoisotopic (exact) mass is 135 g/mol. The predicted molar refractivity (Wildman–Crippen MR) is 44.6 cm³/mol. The highest BCUT2D eigenvalue weighted by Crippen LogP contribution is 2.16. The second kappa shape index (κ2) is 3.60. The molecule has 55 valence electrons. The second-order valence-electron chi connectivity index (χ2n) is 3.24. The summed E-state index contributed by atoms with van der Waals surface area (Å²) in [7, 11) is 0. The molecule has 0 aromatic heterocycles. The Hall–Kier alpha value is -0.520. The zero-order valence-corrected chi connectivity index (χ0v) is 6.85. The lowest BCUT2D eigenvalue weighted by atomic mass is 10.0. The van der Waals surface area contributed by atoms with Gasteiger partial charge in [-0.25, -0.2) is 0 Å². The lowest BCUT2D eigenvalue weighted by molar-refractivity contribution is 0.588. The van der Waals surface area contributed by atoms with Crippen LogP contribution in [0.25, 0.3) is 0 Å². The van der Waals surface area contributed by atoms with Crippen LogP contribution in [-0.4, -0.2) is 0 Å². The summed E-state index contributed by atoms with van der Waals surface area (Å²) in [6.45, 7) is 4.53. The van der Waals surface area contributed by atoms with Crippen LogP contribution in [0.4, 0.5) is 0 Å². The third kappa shape index (κ3) is 2.38. The van der Waals surface area contributed by atoms with E-state index in [0.717, 1.165) is 12.3 Å². The van der Waals surface area contributed by atoms with E-state index in [0.29, 0.717) is 0 Å². The first-order valence-electron chi connectivity index (χ1n) is 4.05. The van der Waals surface area contributed by atoms with Gasteiger partial charge >= 0.3 is 0 Å². The first kappa shape index (κ1) is 7.59. The highest BCUT2D eigenvalue weighted by Gasteiger charge is 1.99. The third-order valence-corrected chi connectivity index (χ3v) is 1.76. The fourth-order valence-electron chi connectivity index (χ4n) is 1.07. The first-order chi connectivity index (χ1) is 4.79. The van der Waals surface area contributed by atoms with Gasteiger partial charge in [0.25, 0.3) is 0 Å². The van der Waals surface area contributed by atoms with Crippen LogP contribution < -0.4 is 0 Å². The quantitative estimate of drug-likeness (QED) is 0.557. The van der Waals surface area contributed by atoms with Crippen LogP contribution >= 0.6 is 0 Å². The zero-order valence-electron chi connectivity index (χ0n) is 6.85. The maximum absolute atomic E-state index is 3.32. The topological polar surface area (TPSA) is 0 Å². The number of allylic oxidation sites excluding steroid dienone is 4. The minimum atomic E-state index is 0.822. The molecule has 0 fully saturated rings. The molecule has 1 rings (SSSR count). The molecule has 1 aliphatic carbocycles. The van der Waals surface area contributed by atoms with Gasteiger partial charge in [-0.15, -0.1) is 0 Å². The van der Waals surface area contributed by atoms with Crippen molar-refractivity contribution in [3.63, 3.8) is 0 Å². The van der Waals surface area contributed by atoms with Crippen molar-refractivity contribution in [1.82, 2.24) is 0 Å². The van der Waals surface area contributed by atoms with Crippen molar-refractivity contribution in [2.24, 2.45) is 5.92 Å². The average Bonchev–Trinajstić information content (AvgIpc) is 2.34. The van der Waals surface area contributed by atoms with Crippen molar-refractivity contribution in [2.45, 2.75) is 33.1 Å². The molecule has 0 heteroatoms. The molecule has 0 spiro atoms. The first-order valence-corrected chi connectivity index (χ1v) is 4.05. The summed E-state index contributed by atoms with van der Waals surface area (Å²) in [4.78, 5) is 0. The Morgan fingerprint density at radius 2 is 2.40 bits per heavy atom. The van der Waals surface area contributed by atoms with Crippen LogP contribution in [0.1, 0.15) is 33.1 Å². The highest BCUT2D eigenvalue weighted by atomic mass is 14.0. The van der Waals surface area contributed by atoms with Crippen molar-refractivity contribution >= 4 is 0 Å². The smallest absolute Gasteiger partial charge is 0.00885 e. The van der Waals surface area contributed by atoms with Crippen LogP contribution in [0, 0.1) is 12.0 Å². The molecule has 0 unspecified atom stereocenters. The molecule has 0 atom stereocenters. The van der Waals surface area contributed by atoms with Gasteiger partial charge in [0, 0.05) is 0 Å². The predicted octanol–water partition coefficient (Wildman–Crippen LogP) is 3.11. The molecule has 0 bridgehead atoms. The fourth-order valence-corrected chi connectivity index (χ4v) is 1.07. The molecule has 0 N–H and O–H groups in total. The van der Waals surface area contributed by atoms with Gasteiger partial charge in [0.2, 0.25) is 0 Å². The number of rotatable bonds is 3. The van der Waals surface area contributed by atoms with Gasteiger partial charge in [-0.05, 0) is 36.8 Å². The highest BCUT2D eigenvalue weighted by molar-refractivity contribution is 5.21. The molecule has 0 saturated heterocycles. The van der Waals surface area contributed by atoms with E-state index in [2.05, 4.69) is 32.1 Å². The van der Waals surface area contributed by atoms with E-state index in [1.54, 1.807) is 0 Å². The molecule has 0 aromatic rings. The van der Waals surface area contributed by atoms with E-state index in [9.17, 15) is 0 Å². The Morgan fingerprint density at radius 3 is 2.90 bits per heavy atom. The van der Waals surface area contributed by atoms with Crippen molar-refractivity contribution in [2.75, 3.05) is 0 Å². The Labute approximate surface area is 63.6 Å². The van der Waals surface area contributed by atoms with Crippen LogP contribution in [0.2, 0.25) is 0 Å². The molecule has 0 saturated carbocycles. The van der Waals surface area contributed by atoms with E-state index in [-0.39, 0.29) is 0 Å². The SMILES string of the molecule is CC(C)CCC1=[C]CC=C1. The normalized spacial score (nSPS) is 16.5. The maximum atomic E-state index is 3.32. The summed E-state index contributed by atoms with van der Waals surface area (Å²) in [5, 5.41) is 0. The summed E-state index contributed by atoms with van der Waals surface area (Å²) in [5.41, 5.74) is 1.41. The maximum Gasteiger partial charge on any atom is -0.00885 e. The van der Waals surface area contributed by atoms with Gasteiger partial charge in [-0.2, -0.15) is 0 Å². The van der Waals surface area contributed by atoms with E-state index in [1.165, 1.54) is 18.4 Å². The zero-order chi connectivity index (χ0) is 7.40. The van der Waals surface area contributed by atoms with Gasteiger partial charge in [0.15, 0.2) is 0 Å². The molecular formula is C10H15. The van der Waals surface area contributed by atoms with Crippen molar-refractivity contribution < 1.29 is 0 Å². The standard InChI is InChI=1S/C10H15/c1-9(2)7-8-10-5-3-4-6-10/h3,5,9H,4,7-8H2,1-2H3. The molecule has 1 radical (unpaired) electrons. The number of hydrogen-bond acceptors (Lipinski definition) is 0. The molecule has 0 heterocycles. The Kier molecular flexibility index (Phi) is 2.73. The molecule has 0 aliphatic heterocycles. The van der Waals surface area contributed by atoms with Crippen molar-refractivity contribution in [1.29, 1.82) is 0 Å². The van der Waals surface area contributed by atoms with Gasteiger partial charge in [-0.3, -0.25) is 0 Å². The van der Waals surface area contributed by atoms with Crippen LogP contribution in [0.5, 0.6) is 0 Å². The van der Waals surface area contributed by atoms with Crippen LogP contribution in [0.3, 0.4) is 0 Å². The largest absolute Gasteiger partial charge is 0.0798 e. The van der Waals surface area contributed by atoms with Crippen molar-refractivity contribution in [3.05, 3.63) is 23.8 Å². The van der Waals surface area contributed by atoms with Crippen molar-refractivity contribution in [3.8, 4) is 0 Å². The van der Waals surface area contributed by atoms with Gasteiger partial charge in [0.05, 0.1) is 0 Å². The summed E-state index contributed by atoms with van der Waals surface area (Å²) < 4.78 is 0. The van der Waals surface area contributed by atoms with Gasteiger partial charge in [0.1, 0.15) is 0 Å². The minimum absolute atomic E-state index is 0.822. The number of hydrogen-bond donors (Lipinski definition) is 0. The van der Waals surface area contributed by atoms with Crippen LogP contribution in [-0.2, 0) is 0 Å². The summed E-state index contributed by atoms with van der Waals surface area (Å²) >= 11 is 0. The Bertz CT molecular complexity index is 149. The molecule has 10 heavy (non-hydrogen) atoms. The average molecular weight is 135 g/mol. The van der Waals surface area contributed by atoms with E-state index < -0.39 is 0 Å². The Balaban J connectivity index is 2.19. The Morgan fingerprint density at radius 1 is 1.60 bits per heavy atom. The molecule has 0 aromatic carbocycles.